The van der Waals surface area contributed by atoms with Crippen LogP contribution in [0.25, 0.3) is 0 Å². The monoisotopic (exact) mass is 303 g/mol. The van der Waals surface area contributed by atoms with Gasteiger partial charge in [-0.2, -0.15) is 0 Å². The Morgan fingerprint density at radius 1 is 1.41 bits per heavy atom. The van der Waals surface area contributed by atoms with Crippen molar-refractivity contribution >= 4 is 17.2 Å². The average molecular weight is 303 g/mol. The average Bonchev–Trinajstić information content (AvgIpc) is 2.47. The molecule has 1 heterocycles. The first-order valence-corrected chi connectivity index (χ1v) is 6.55. The number of halogens is 1. The van der Waals surface area contributed by atoms with Gasteiger partial charge in [-0.15, -0.1) is 0 Å². The maximum atomic E-state index is 13.7. The Morgan fingerprint density at radius 2 is 2.14 bits per heavy atom. The lowest BCUT2D eigenvalue weighted by Crippen LogP contribution is -2.10. The summed E-state index contributed by atoms with van der Waals surface area (Å²) in [4.78, 5) is 25.6. The number of anilines is 1. The molecular formula is C15H14FN3O3. The zero-order chi connectivity index (χ0) is 16.3. The predicted octanol–water partition coefficient (Wildman–Crippen LogP) is 3.50. The molecule has 6 nitrogen and oxygen atoms in total. The van der Waals surface area contributed by atoms with E-state index in [9.17, 15) is 19.3 Å². The van der Waals surface area contributed by atoms with Crippen molar-refractivity contribution in [3.05, 3.63) is 63.7 Å². The second-order valence-corrected chi connectivity index (χ2v) is 4.81. The van der Waals surface area contributed by atoms with E-state index in [1.807, 2.05) is 0 Å². The number of pyridine rings is 1. The second-order valence-electron chi connectivity index (χ2n) is 4.81. The van der Waals surface area contributed by atoms with E-state index in [1.165, 1.54) is 37.4 Å². The Kier molecular flexibility index (Phi) is 4.45. The number of carbonyl (C=O) groups is 1. The summed E-state index contributed by atoms with van der Waals surface area (Å²) in [5, 5.41) is 14.0. The first-order valence-electron chi connectivity index (χ1n) is 6.55. The molecule has 0 fully saturated rings. The van der Waals surface area contributed by atoms with Crippen molar-refractivity contribution in [2.75, 3.05) is 5.32 Å². The van der Waals surface area contributed by atoms with Crippen LogP contribution < -0.4 is 5.32 Å². The number of hydrogen-bond donors (Lipinski definition) is 1. The number of rotatable bonds is 5. The maximum Gasteiger partial charge on any atom is 0.293 e. The molecule has 0 radical (unpaired) electrons. The minimum atomic E-state index is -0.579. The largest absolute Gasteiger partial charge is 0.373 e. The van der Waals surface area contributed by atoms with Crippen LogP contribution in [0.5, 0.6) is 0 Å². The van der Waals surface area contributed by atoms with Gasteiger partial charge in [0.1, 0.15) is 11.5 Å². The summed E-state index contributed by atoms with van der Waals surface area (Å²) in [5.41, 5.74) is 0.590. The fraction of sp³-hybridized carbons (Fsp3) is 0.200. The van der Waals surface area contributed by atoms with Crippen molar-refractivity contribution in [1.82, 2.24) is 4.98 Å². The van der Waals surface area contributed by atoms with E-state index in [-0.39, 0.29) is 22.7 Å². The molecule has 0 saturated heterocycles. The van der Waals surface area contributed by atoms with Crippen LogP contribution in [0.3, 0.4) is 0 Å². The standard InChI is InChI=1S/C15H14FN3O3/c1-9(12-5-6-17-8-13(12)16)18-14-4-3-11(10(2)20)7-15(14)19(21)22/h3-9,18H,1-2H3. The molecule has 0 spiro atoms. The molecule has 0 aliphatic rings. The number of ketones is 1. The minimum absolute atomic E-state index is 0.221. The number of nitrogens with one attached hydrogen (secondary N) is 1. The van der Waals surface area contributed by atoms with Crippen molar-refractivity contribution < 1.29 is 14.1 Å². The van der Waals surface area contributed by atoms with Crippen molar-refractivity contribution in [3.63, 3.8) is 0 Å². The Bertz CT molecular complexity index is 734. The Labute approximate surface area is 126 Å². The number of aromatic nitrogens is 1. The molecule has 0 aliphatic heterocycles. The molecular weight excluding hydrogens is 289 g/mol. The molecule has 114 valence electrons. The van der Waals surface area contributed by atoms with Crippen LogP contribution in [0, 0.1) is 15.9 Å². The number of hydrogen-bond acceptors (Lipinski definition) is 5. The second kappa shape index (κ2) is 6.30. The van der Waals surface area contributed by atoms with Gasteiger partial charge in [-0.05, 0) is 32.0 Å². The van der Waals surface area contributed by atoms with Gasteiger partial charge in [0.15, 0.2) is 5.78 Å². The number of nitro groups is 1. The van der Waals surface area contributed by atoms with Crippen LogP contribution >= 0.6 is 0 Å². The van der Waals surface area contributed by atoms with Crippen LogP contribution in [-0.4, -0.2) is 15.7 Å². The molecule has 22 heavy (non-hydrogen) atoms. The number of nitro benzene ring substituents is 1. The lowest BCUT2D eigenvalue weighted by atomic mass is 10.1. The molecule has 1 N–H and O–H groups in total. The van der Waals surface area contributed by atoms with Crippen LogP contribution in [0.1, 0.15) is 35.8 Å². The molecule has 1 unspecified atom stereocenters. The smallest absolute Gasteiger partial charge is 0.293 e. The zero-order valence-electron chi connectivity index (χ0n) is 12.0. The van der Waals surface area contributed by atoms with Crippen LogP contribution in [0.2, 0.25) is 0 Å². The Hall–Kier alpha value is -2.83. The topological polar surface area (TPSA) is 85.1 Å². The van der Waals surface area contributed by atoms with Gasteiger partial charge in [0.25, 0.3) is 5.69 Å². The molecule has 1 aromatic heterocycles. The SMILES string of the molecule is CC(=O)c1ccc(NC(C)c2ccncc2F)c([N+](=O)[O-])c1. The summed E-state index contributed by atoms with van der Waals surface area (Å²) >= 11 is 0. The predicted molar refractivity (Wildman–Crippen MR) is 79.3 cm³/mol. The number of nitrogens with zero attached hydrogens (tertiary/aromatic N) is 2. The van der Waals surface area contributed by atoms with Gasteiger partial charge in [-0.3, -0.25) is 19.9 Å². The quantitative estimate of drug-likeness (QED) is 0.519. The Morgan fingerprint density at radius 3 is 2.73 bits per heavy atom. The van der Waals surface area contributed by atoms with E-state index in [1.54, 1.807) is 6.92 Å². The maximum absolute atomic E-state index is 13.7. The lowest BCUT2D eigenvalue weighted by molar-refractivity contribution is -0.384. The van der Waals surface area contributed by atoms with Gasteiger partial charge in [0, 0.05) is 23.4 Å². The fourth-order valence-electron chi connectivity index (χ4n) is 2.07. The van der Waals surface area contributed by atoms with Crippen LogP contribution in [0.4, 0.5) is 15.8 Å². The molecule has 0 bridgehead atoms. The third kappa shape index (κ3) is 3.25. The van der Waals surface area contributed by atoms with Gasteiger partial charge in [-0.1, -0.05) is 0 Å². The molecule has 0 amide bonds. The number of benzene rings is 1. The molecule has 2 rings (SSSR count). The summed E-state index contributed by atoms with van der Waals surface area (Å²) in [6, 6.07) is 5.16. The van der Waals surface area contributed by atoms with E-state index >= 15 is 0 Å². The summed E-state index contributed by atoms with van der Waals surface area (Å²) < 4.78 is 13.7. The third-order valence-corrected chi connectivity index (χ3v) is 3.24. The molecule has 1 atom stereocenters. The van der Waals surface area contributed by atoms with Gasteiger partial charge in [0.2, 0.25) is 0 Å². The van der Waals surface area contributed by atoms with E-state index in [2.05, 4.69) is 10.3 Å². The first kappa shape index (κ1) is 15.6. The summed E-state index contributed by atoms with van der Waals surface area (Å²) in [6.07, 6.45) is 2.53. The lowest BCUT2D eigenvalue weighted by Gasteiger charge is -2.16. The number of Topliss-reactive ketones (excluding diaryl/α,β-unsaturated/α-hetero) is 1. The van der Waals surface area contributed by atoms with Crippen molar-refractivity contribution in [2.45, 2.75) is 19.9 Å². The van der Waals surface area contributed by atoms with Gasteiger partial charge in [0.05, 0.1) is 17.2 Å². The first-order chi connectivity index (χ1) is 10.4. The molecule has 7 heteroatoms. The van der Waals surface area contributed by atoms with Crippen LogP contribution in [-0.2, 0) is 0 Å². The van der Waals surface area contributed by atoms with Gasteiger partial charge < -0.3 is 5.32 Å². The third-order valence-electron chi connectivity index (χ3n) is 3.24. The highest BCUT2D eigenvalue weighted by Crippen LogP contribution is 2.29. The minimum Gasteiger partial charge on any atom is -0.373 e. The summed E-state index contributed by atoms with van der Waals surface area (Å²) in [5.74, 6) is -0.756. The van der Waals surface area contributed by atoms with Crippen molar-refractivity contribution in [3.8, 4) is 0 Å². The highest BCUT2D eigenvalue weighted by molar-refractivity contribution is 5.95. The fourth-order valence-corrected chi connectivity index (χ4v) is 2.07. The molecule has 0 aliphatic carbocycles. The zero-order valence-corrected chi connectivity index (χ0v) is 12.0. The van der Waals surface area contributed by atoms with Gasteiger partial charge in [-0.25, -0.2) is 4.39 Å². The van der Waals surface area contributed by atoms with Crippen molar-refractivity contribution in [2.24, 2.45) is 0 Å². The molecule has 2 aromatic rings. The van der Waals surface area contributed by atoms with E-state index in [0.29, 0.717) is 5.56 Å². The van der Waals surface area contributed by atoms with Gasteiger partial charge >= 0.3 is 0 Å². The van der Waals surface area contributed by atoms with Crippen LogP contribution in [0.15, 0.2) is 36.7 Å². The highest BCUT2D eigenvalue weighted by atomic mass is 19.1. The Balaban J connectivity index is 2.35. The summed E-state index contributed by atoms with van der Waals surface area (Å²) in [7, 11) is 0. The molecule has 0 saturated carbocycles. The van der Waals surface area contributed by atoms with E-state index in [4.69, 9.17) is 0 Å². The summed E-state index contributed by atoms with van der Waals surface area (Å²) in [6.45, 7) is 3.02. The van der Waals surface area contributed by atoms with Crippen molar-refractivity contribution in [1.29, 1.82) is 0 Å². The number of carbonyl (C=O) groups excluding carboxylic acids is 1. The highest BCUT2D eigenvalue weighted by Gasteiger charge is 2.19. The normalized spacial score (nSPS) is 11.8. The van der Waals surface area contributed by atoms with E-state index < -0.39 is 16.8 Å². The van der Waals surface area contributed by atoms with E-state index in [0.717, 1.165) is 6.20 Å². The molecule has 1 aromatic carbocycles.